The Kier molecular flexibility index (Phi) is 8.46. The van der Waals surface area contributed by atoms with Gasteiger partial charge in [0.15, 0.2) is 5.57 Å². The fourth-order valence-electron chi connectivity index (χ4n) is 1.01. The Morgan fingerprint density at radius 2 is 1.55 bits per heavy atom. The van der Waals surface area contributed by atoms with Crippen LogP contribution in [0.1, 0.15) is 20.8 Å². The van der Waals surface area contributed by atoms with Gasteiger partial charge in [-0.1, -0.05) is 6.58 Å². The molecule has 0 aliphatic heterocycles. The molecule has 0 fully saturated rings. The maximum Gasteiger partial charge on any atom is 0.345 e. The Morgan fingerprint density at radius 3 is 1.95 bits per heavy atom. The van der Waals surface area contributed by atoms with E-state index in [-0.39, 0.29) is 19.8 Å². The van der Waals surface area contributed by atoms with E-state index >= 15 is 0 Å². The van der Waals surface area contributed by atoms with E-state index in [1.807, 2.05) is 0 Å². The predicted octanol–water partition coefficient (Wildman–Crippen LogP) is 1.31. The molecule has 0 atom stereocenters. The second-order valence-electron chi connectivity index (χ2n) is 3.56. The summed E-state index contributed by atoms with van der Waals surface area (Å²) in [5, 5.41) is 0. The van der Waals surface area contributed by atoms with Gasteiger partial charge >= 0.3 is 17.9 Å². The van der Waals surface area contributed by atoms with Crippen molar-refractivity contribution in [2.75, 3.05) is 19.8 Å². The van der Waals surface area contributed by atoms with Crippen LogP contribution in [0, 0.1) is 0 Å². The molecule has 0 bridgehead atoms. The first-order valence-corrected chi connectivity index (χ1v) is 6.04. The molecule has 110 valence electrons. The molecule has 0 heterocycles. The lowest BCUT2D eigenvalue weighted by atomic mass is 10.2. The zero-order valence-corrected chi connectivity index (χ0v) is 11.9. The Labute approximate surface area is 117 Å². The molecule has 6 heteroatoms. The van der Waals surface area contributed by atoms with Crippen molar-refractivity contribution in [3.8, 4) is 0 Å². The molecule has 0 radical (unpaired) electrons. The van der Waals surface area contributed by atoms with Crippen LogP contribution in [-0.4, -0.2) is 37.7 Å². The molecule has 6 nitrogen and oxygen atoms in total. The van der Waals surface area contributed by atoms with E-state index in [9.17, 15) is 14.4 Å². The van der Waals surface area contributed by atoms with Crippen molar-refractivity contribution < 1.29 is 28.6 Å². The van der Waals surface area contributed by atoms with Crippen molar-refractivity contribution in [1.29, 1.82) is 0 Å². The van der Waals surface area contributed by atoms with Gasteiger partial charge in [-0.2, -0.15) is 0 Å². The van der Waals surface area contributed by atoms with Gasteiger partial charge in [0.05, 0.1) is 13.2 Å². The van der Waals surface area contributed by atoms with Crippen molar-refractivity contribution in [1.82, 2.24) is 0 Å². The third kappa shape index (κ3) is 6.56. The number of rotatable bonds is 7. The highest BCUT2D eigenvalue weighted by Gasteiger charge is 2.22. The van der Waals surface area contributed by atoms with E-state index in [2.05, 4.69) is 21.8 Å². The second kappa shape index (κ2) is 9.58. The van der Waals surface area contributed by atoms with Crippen LogP contribution in [0.3, 0.4) is 0 Å². The molecule has 0 aromatic heterocycles. The normalized spacial score (nSPS) is 8.95. The topological polar surface area (TPSA) is 78.9 Å². The number of ether oxygens (including phenoxy) is 3. The fraction of sp³-hybridized carbons (Fsp3) is 0.429. The van der Waals surface area contributed by atoms with Crippen molar-refractivity contribution in [2.45, 2.75) is 20.8 Å². The summed E-state index contributed by atoms with van der Waals surface area (Å²) in [5.41, 5.74) is 2.66. The molecule has 0 aromatic carbocycles. The molecule has 0 N–H and O–H groups in total. The lowest BCUT2D eigenvalue weighted by molar-refractivity contribution is -0.148. The number of hydrogen-bond donors (Lipinski definition) is 0. The minimum absolute atomic E-state index is 0.0300. The highest BCUT2D eigenvalue weighted by atomic mass is 16.6. The van der Waals surface area contributed by atoms with Crippen molar-refractivity contribution in [3.63, 3.8) is 0 Å². The number of esters is 3. The van der Waals surface area contributed by atoms with Crippen LogP contribution in [0.4, 0.5) is 0 Å². The van der Waals surface area contributed by atoms with Crippen LogP contribution < -0.4 is 0 Å². The summed E-state index contributed by atoms with van der Waals surface area (Å²) in [6.07, 6.45) is 0.756. The van der Waals surface area contributed by atoms with Gasteiger partial charge in [0, 0.05) is 11.6 Å². The summed E-state index contributed by atoms with van der Waals surface area (Å²) in [6, 6.07) is 0. The van der Waals surface area contributed by atoms with Gasteiger partial charge in [-0.25, -0.2) is 14.4 Å². The first-order chi connectivity index (χ1) is 9.46. The van der Waals surface area contributed by atoms with E-state index in [0.717, 1.165) is 6.08 Å². The summed E-state index contributed by atoms with van der Waals surface area (Å²) >= 11 is 0. The molecular weight excluding hydrogens is 264 g/mol. The maximum atomic E-state index is 11.6. The zero-order chi connectivity index (χ0) is 15.5. The van der Waals surface area contributed by atoms with Crippen LogP contribution in [0.15, 0.2) is 29.5 Å². The molecule has 0 rings (SSSR count). The van der Waals surface area contributed by atoms with Gasteiger partial charge in [0.2, 0.25) is 0 Å². The SMILES string of the molecule is C=C=C(C)COC(=O)C=C(C(=O)OCC)C(=O)OCC. The van der Waals surface area contributed by atoms with Gasteiger partial charge in [-0.15, -0.1) is 5.73 Å². The average molecular weight is 282 g/mol. The Morgan fingerprint density at radius 1 is 1.05 bits per heavy atom. The summed E-state index contributed by atoms with van der Waals surface area (Å²) in [7, 11) is 0. The van der Waals surface area contributed by atoms with E-state index in [4.69, 9.17) is 4.74 Å². The largest absolute Gasteiger partial charge is 0.462 e. The van der Waals surface area contributed by atoms with Gasteiger partial charge in [0.1, 0.15) is 6.61 Å². The van der Waals surface area contributed by atoms with Crippen LogP contribution in [0.5, 0.6) is 0 Å². The number of carbonyl (C=O) groups excluding carboxylic acids is 3. The molecule has 0 aliphatic carbocycles. The second-order valence-corrected chi connectivity index (χ2v) is 3.56. The molecular formula is C14H18O6. The van der Waals surface area contributed by atoms with Gasteiger partial charge in [-0.05, 0) is 20.8 Å². The lowest BCUT2D eigenvalue weighted by Gasteiger charge is -2.06. The van der Waals surface area contributed by atoms with Gasteiger partial charge in [-0.3, -0.25) is 0 Å². The van der Waals surface area contributed by atoms with E-state index in [0.29, 0.717) is 5.57 Å². The van der Waals surface area contributed by atoms with Gasteiger partial charge < -0.3 is 14.2 Å². The highest BCUT2D eigenvalue weighted by Crippen LogP contribution is 2.04. The van der Waals surface area contributed by atoms with E-state index in [1.54, 1.807) is 20.8 Å². The Hall–Kier alpha value is -2.33. The van der Waals surface area contributed by atoms with Crippen molar-refractivity contribution in [3.05, 3.63) is 29.5 Å². The Bertz CT molecular complexity index is 434. The third-order valence-corrected chi connectivity index (χ3v) is 1.99. The Balaban J connectivity index is 4.95. The minimum atomic E-state index is -0.932. The smallest absolute Gasteiger partial charge is 0.345 e. The monoisotopic (exact) mass is 282 g/mol. The number of carbonyl (C=O) groups is 3. The first-order valence-electron chi connectivity index (χ1n) is 6.04. The fourth-order valence-corrected chi connectivity index (χ4v) is 1.01. The average Bonchev–Trinajstić information content (AvgIpc) is 2.42. The molecule has 0 saturated heterocycles. The third-order valence-electron chi connectivity index (χ3n) is 1.99. The van der Waals surface area contributed by atoms with E-state index < -0.39 is 23.5 Å². The standard InChI is InChI=1S/C14H18O6/c1-5-10(4)9-20-12(15)8-11(13(16)18-6-2)14(17)19-7-3/h8H,1,6-7,9H2,2-4H3. The van der Waals surface area contributed by atoms with Crippen LogP contribution in [-0.2, 0) is 28.6 Å². The summed E-state index contributed by atoms with van der Waals surface area (Å²) in [5.74, 6) is -2.71. The molecule has 0 unspecified atom stereocenters. The summed E-state index contributed by atoms with van der Waals surface area (Å²) in [4.78, 5) is 34.6. The molecule has 0 saturated carbocycles. The molecule has 0 spiro atoms. The van der Waals surface area contributed by atoms with Crippen LogP contribution >= 0.6 is 0 Å². The quantitative estimate of drug-likeness (QED) is 0.175. The van der Waals surface area contributed by atoms with Crippen LogP contribution in [0.2, 0.25) is 0 Å². The summed E-state index contributed by atoms with van der Waals surface area (Å²) < 4.78 is 14.2. The lowest BCUT2D eigenvalue weighted by Crippen LogP contribution is -2.20. The molecule has 20 heavy (non-hydrogen) atoms. The van der Waals surface area contributed by atoms with Gasteiger partial charge in [0.25, 0.3) is 0 Å². The zero-order valence-electron chi connectivity index (χ0n) is 11.9. The first kappa shape index (κ1) is 17.7. The van der Waals surface area contributed by atoms with Crippen molar-refractivity contribution in [2.24, 2.45) is 0 Å². The minimum Gasteiger partial charge on any atom is -0.462 e. The molecule has 0 amide bonds. The maximum absolute atomic E-state index is 11.6. The summed E-state index contributed by atoms with van der Waals surface area (Å²) in [6.45, 7) is 8.33. The highest BCUT2D eigenvalue weighted by molar-refractivity contribution is 6.17. The molecule has 0 aliphatic rings. The van der Waals surface area contributed by atoms with Crippen molar-refractivity contribution >= 4 is 17.9 Å². The predicted molar refractivity (Wildman–Crippen MR) is 70.6 cm³/mol. The molecule has 0 aromatic rings. The number of hydrogen-bond acceptors (Lipinski definition) is 6. The van der Waals surface area contributed by atoms with E-state index in [1.165, 1.54) is 0 Å². The van der Waals surface area contributed by atoms with Crippen LogP contribution in [0.25, 0.3) is 0 Å².